The van der Waals surface area contributed by atoms with Crippen LogP contribution in [0, 0.1) is 0 Å². The molecule has 0 saturated carbocycles. The summed E-state index contributed by atoms with van der Waals surface area (Å²) in [5, 5.41) is 4.04. The summed E-state index contributed by atoms with van der Waals surface area (Å²) in [5.74, 6) is 0.943. The van der Waals surface area contributed by atoms with Gasteiger partial charge in [0, 0.05) is 7.05 Å². The topological polar surface area (TPSA) is 34.1 Å². The molecule has 0 saturated heterocycles. The van der Waals surface area contributed by atoms with Crippen LogP contribution in [0.25, 0.3) is 10.2 Å². The minimum absolute atomic E-state index is 0.701. The second-order valence-electron chi connectivity index (χ2n) is 3.48. The molecule has 3 nitrogen and oxygen atoms in total. The zero-order valence-electron chi connectivity index (χ0n) is 9.83. The number of nitrogens with zero attached hydrogens (tertiary/aromatic N) is 1. The van der Waals surface area contributed by atoms with Crippen molar-refractivity contribution in [2.45, 2.75) is 20.3 Å². The molecule has 1 aromatic carbocycles. The number of fused-ring (bicyclic) bond motifs is 1. The lowest BCUT2D eigenvalue weighted by Crippen LogP contribution is -1.93. The Labute approximate surface area is 99.5 Å². The van der Waals surface area contributed by atoms with Crippen molar-refractivity contribution >= 4 is 26.7 Å². The van der Waals surface area contributed by atoms with E-state index in [1.54, 1.807) is 11.3 Å². The van der Waals surface area contributed by atoms with E-state index in [-0.39, 0.29) is 0 Å². The quantitative estimate of drug-likeness (QED) is 0.884. The van der Waals surface area contributed by atoms with E-state index in [2.05, 4.69) is 29.4 Å². The molecule has 86 valence electrons. The molecule has 0 spiro atoms. The predicted octanol–water partition coefficient (Wildman–Crippen LogP) is 3.30. The van der Waals surface area contributed by atoms with Gasteiger partial charge in [0.2, 0.25) is 0 Å². The van der Waals surface area contributed by atoms with Gasteiger partial charge in [0.05, 0.1) is 16.8 Å². The molecule has 0 bridgehead atoms. The van der Waals surface area contributed by atoms with Crippen LogP contribution in [0.15, 0.2) is 12.1 Å². The molecule has 1 heterocycles. The first kappa shape index (κ1) is 11.2. The van der Waals surface area contributed by atoms with Crippen molar-refractivity contribution in [3.8, 4) is 5.75 Å². The van der Waals surface area contributed by atoms with Gasteiger partial charge in [0.1, 0.15) is 5.75 Å². The molecule has 2 aromatic rings. The van der Waals surface area contributed by atoms with Crippen LogP contribution in [-0.2, 0) is 6.42 Å². The number of hydrogen-bond acceptors (Lipinski definition) is 4. The molecule has 4 heteroatoms. The standard InChI is InChI=1S/C12H16N2OS/c1-4-8-6-9(15-5-2)7-10-11(8)14-12(13-3)16-10/h6-7H,4-5H2,1-3H3,(H,13,14). The molecule has 0 amide bonds. The van der Waals surface area contributed by atoms with Crippen molar-refractivity contribution in [3.63, 3.8) is 0 Å². The van der Waals surface area contributed by atoms with Crippen LogP contribution in [0.5, 0.6) is 5.75 Å². The molecular formula is C12H16N2OS. The molecular weight excluding hydrogens is 220 g/mol. The third-order valence-corrected chi connectivity index (χ3v) is 3.47. The van der Waals surface area contributed by atoms with Crippen LogP contribution in [0.2, 0.25) is 0 Å². The van der Waals surface area contributed by atoms with E-state index in [0.717, 1.165) is 22.8 Å². The highest BCUT2D eigenvalue weighted by molar-refractivity contribution is 7.22. The summed E-state index contributed by atoms with van der Waals surface area (Å²) >= 11 is 1.66. The predicted molar refractivity (Wildman–Crippen MR) is 69.7 cm³/mol. The highest BCUT2D eigenvalue weighted by atomic mass is 32.1. The third-order valence-electron chi connectivity index (χ3n) is 2.45. The Hall–Kier alpha value is -1.29. The van der Waals surface area contributed by atoms with Crippen LogP contribution in [0.1, 0.15) is 19.4 Å². The first-order valence-corrected chi connectivity index (χ1v) is 6.34. The summed E-state index contributed by atoms with van der Waals surface area (Å²) in [7, 11) is 1.90. The van der Waals surface area contributed by atoms with E-state index in [4.69, 9.17) is 4.74 Å². The summed E-state index contributed by atoms with van der Waals surface area (Å²) in [5.41, 5.74) is 2.35. The zero-order chi connectivity index (χ0) is 11.5. The maximum Gasteiger partial charge on any atom is 0.183 e. The molecule has 0 radical (unpaired) electrons. The van der Waals surface area contributed by atoms with Crippen LogP contribution in [-0.4, -0.2) is 18.6 Å². The number of rotatable bonds is 4. The third kappa shape index (κ3) is 1.97. The number of nitrogens with one attached hydrogen (secondary N) is 1. The molecule has 0 aliphatic heterocycles. The molecule has 16 heavy (non-hydrogen) atoms. The minimum atomic E-state index is 0.701. The van der Waals surface area contributed by atoms with Crippen molar-refractivity contribution < 1.29 is 4.74 Å². The second-order valence-corrected chi connectivity index (χ2v) is 4.52. The van der Waals surface area contributed by atoms with Gasteiger partial charge in [-0.2, -0.15) is 0 Å². The van der Waals surface area contributed by atoms with Crippen molar-refractivity contribution in [2.24, 2.45) is 0 Å². The maximum absolute atomic E-state index is 5.56. The highest BCUT2D eigenvalue weighted by Crippen LogP contribution is 2.32. The van der Waals surface area contributed by atoms with Crippen LogP contribution in [0.4, 0.5) is 5.13 Å². The Morgan fingerprint density at radius 3 is 2.81 bits per heavy atom. The van der Waals surface area contributed by atoms with Crippen molar-refractivity contribution in [1.29, 1.82) is 0 Å². The monoisotopic (exact) mass is 236 g/mol. The number of hydrogen-bond donors (Lipinski definition) is 1. The summed E-state index contributed by atoms with van der Waals surface area (Å²) in [6.07, 6.45) is 0.976. The molecule has 0 fully saturated rings. The summed E-state index contributed by atoms with van der Waals surface area (Å²) < 4.78 is 6.75. The van der Waals surface area contributed by atoms with Crippen LogP contribution >= 0.6 is 11.3 Å². The Balaban J connectivity index is 2.56. The van der Waals surface area contributed by atoms with Crippen molar-refractivity contribution in [2.75, 3.05) is 19.0 Å². The van der Waals surface area contributed by atoms with Crippen LogP contribution < -0.4 is 10.1 Å². The lowest BCUT2D eigenvalue weighted by atomic mass is 10.1. The number of anilines is 1. The van der Waals surface area contributed by atoms with E-state index >= 15 is 0 Å². The Bertz CT molecular complexity index is 493. The van der Waals surface area contributed by atoms with E-state index in [1.165, 1.54) is 10.3 Å². The Morgan fingerprint density at radius 2 is 2.19 bits per heavy atom. The zero-order valence-corrected chi connectivity index (χ0v) is 10.6. The first-order chi connectivity index (χ1) is 7.78. The minimum Gasteiger partial charge on any atom is -0.494 e. The average Bonchev–Trinajstić information content (AvgIpc) is 2.71. The van der Waals surface area contributed by atoms with E-state index in [1.807, 2.05) is 14.0 Å². The molecule has 2 rings (SSSR count). The fourth-order valence-electron chi connectivity index (χ4n) is 1.70. The Morgan fingerprint density at radius 1 is 1.38 bits per heavy atom. The number of benzene rings is 1. The Kier molecular flexibility index (Phi) is 3.29. The van der Waals surface area contributed by atoms with Crippen molar-refractivity contribution in [3.05, 3.63) is 17.7 Å². The molecule has 0 unspecified atom stereocenters. The summed E-state index contributed by atoms with van der Waals surface area (Å²) in [6.45, 7) is 4.84. The van der Waals surface area contributed by atoms with E-state index in [0.29, 0.717) is 6.61 Å². The van der Waals surface area contributed by atoms with E-state index in [9.17, 15) is 0 Å². The fourth-order valence-corrected chi connectivity index (χ4v) is 2.59. The smallest absolute Gasteiger partial charge is 0.183 e. The average molecular weight is 236 g/mol. The lowest BCUT2D eigenvalue weighted by Gasteiger charge is -2.05. The second kappa shape index (κ2) is 4.70. The number of aromatic nitrogens is 1. The van der Waals surface area contributed by atoms with Gasteiger partial charge < -0.3 is 10.1 Å². The molecule has 0 aliphatic carbocycles. The van der Waals surface area contributed by atoms with Gasteiger partial charge in [-0.3, -0.25) is 0 Å². The van der Waals surface area contributed by atoms with Gasteiger partial charge in [0.25, 0.3) is 0 Å². The molecule has 0 aliphatic rings. The summed E-state index contributed by atoms with van der Waals surface area (Å²) in [4.78, 5) is 4.56. The van der Waals surface area contributed by atoms with Crippen LogP contribution in [0.3, 0.4) is 0 Å². The highest BCUT2D eigenvalue weighted by Gasteiger charge is 2.09. The normalized spacial score (nSPS) is 10.7. The van der Waals surface area contributed by atoms with Gasteiger partial charge in [-0.1, -0.05) is 18.3 Å². The molecule has 1 N–H and O–H groups in total. The number of ether oxygens (including phenoxy) is 1. The number of aryl methyl sites for hydroxylation is 1. The van der Waals surface area contributed by atoms with Gasteiger partial charge in [0.15, 0.2) is 5.13 Å². The van der Waals surface area contributed by atoms with E-state index < -0.39 is 0 Å². The lowest BCUT2D eigenvalue weighted by molar-refractivity contribution is 0.340. The maximum atomic E-state index is 5.56. The number of thiazole rings is 1. The summed E-state index contributed by atoms with van der Waals surface area (Å²) in [6, 6.07) is 4.15. The molecule has 0 atom stereocenters. The fraction of sp³-hybridized carbons (Fsp3) is 0.417. The largest absolute Gasteiger partial charge is 0.494 e. The van der Waals surface area contributed by atoms with Gasteiger partial charge in [-0.25, -0.2) is 4.98 Å². The van der Waals surface area contributed by atoms with Crippen molar-refractivity contribution in [1.82, 2.24) is 4.98 Å². The van der Waals surface area contributed by atoms with Gasteiger partial charge >= 0.3 is 0 Å². The van der Waals surface area contributed by atoms with Gasteiger partial charge in [-0.05, 0) is 31.0 Å². The molecule has 1 aromatic heterocycles. The van der Waals surface area contributed by atoms with Gasteiger partial charge in [-0.15, -0.1) is 0 Å². The SMILES string of the molecule is CCOc1cc(CC)c2nc(NC)sc2c1. The first-order valence-electron chi connectivity index (χ1n) is 5.52.